The smallest absolute Gasteiger partial charge is 0.283 e. The third-order valence-corrected chi connectivity index (χ3v) is 5.66. The Morgan fingerprint density at radius 1 is 1.22 bits per heavy atom. The largest absolute Gasteiger partial charge is 0.495 e. The van der Waals surface area contributed by atoms with Crippen molar-refractivity contribution >= 4 is 6.02 Å². The van der Waals surface area contributed by atoms with Gasteiger partial charge in [0.05, 0.1) is 32.4 Å². The van der Waals surface area contributed by atoms with Gasteiger partial charge in [-0.25, -0.2) is 4.99 Å². The molecular weight excluding hydrogens is 346 g/mol. The lowest BCUT2D eigenvalue weighted by atomic mass is 9.72. The average Bonchev–Trinajstić information content (AvgIpc) is 3.10. The van der Waals surface area contributed by atoms with Gasteiger partial charge in [0.15, 0.2) is 0 Å². The molecule has 3 aliphatic heterocycles. The number of nitrogens with two attached hydrogens (primary N) is 1. The number of pyridine rings is 1. The second-order valence-electron chi connectivity index (χ2n) is 7.11. The average molecular weight is 367 g/mol. The highest BCUT2D eigenvalue weighted by molar-refractivity contribution is 5.75. The van der Waals surface area contributed by atoms with Crippen LogP contribution in [0.3, 0.4) is 0 Å². The van der Waals surface area contributed by atoms with Crippen LogP contribution in [0.5, 0.6) is 11.5 Å². The normalized spacial score (nSPS) is 28.6. The van der Waals surface area contributed by atoms with Gasteiger partial charge in [-0.05, 0) is 23.8 Å². The summed E-state index contributed by atoms with van der Waals surface area (Å²) >= 11 is 0. The van der Waals surface area contributed by atoms with Crippen molar-refractivity contribution in [3.63, 3.8) is 0 Å². The van der Waals surface area contributed by atoms with Crippen molar-refractivity contribution in [2.75, 3.05) is 26.9 Å². The monoisotopic (exact) mass is 367 g/mol. The summed E-state index contributed by atoms with van der Waals surface area (Å²) in [6.07, 6.45) is 4.39. The van der Waals surface area contributed by atoms with E-state index in [-0.39, 0.29) is 18.0 Å². The highest BCUT2D eigenvalue weighted by Gasteiger charge is 2.54. The molecule has 5 rings (SSSR count). The first-order valence-electron chi connectivity index (χ1n) is 9.06. The predicted octanol–water partition coefficient (Wildman–Crippen LogP) is 2.09. The van der Waals surface area contributed by atoms with Gasteiger partial charge in [-0.1, -0.05) is 6.07 Å². The Morgan fingerprint density at radius 3 is 2.96 bits per heavy atom. The Labute approximate surface area is 157 Å². The number of rotatable bonds is 2. The van der Waals surface area contributed by atoms with Gasteiger partial charge >= 0.3 is 0 Å². The molecule has 2 N–H and O–H groups in total. The molecule has 1 saturated heterocycles. The van der Waals surface area contributed by atoms with Crippen molar-refractivity contribution in [1.82, 2.24) is 4.98 Å². The van der Waals surface area contributed by atoms with Crippen LogP contribution in [0.4, 0.5) is 0 Å². The number of aliphatic imine (C=N–C) groups is 1. The first-order valence-corrected chi connectivity index (χ1v) is 9.06. The molecule has 7 nitrogen and oxygen atoms in total. The van der Waals surface area contributed by atoms with Gasteiger partial charge in [-0.3, -0.25) is 4.98 Å². The van der Waals surface area contributed by atoms with Crippen LogP contribution in [0.1, 0.15) is 12.0 Å². The van der Waals surface area contributed by atoms with Crippen LogP contribution in [0.15, 0.2) is 41.7 Å². The molecule has 140 valence electrons. The first kappa shape index (κ1) is 16.4. The molecule has 0 bridgehead atoms. The van der Waals surface area contributed by atoms with Gasteiger partial charge in [0.1, 0.15) is 29.7 Å². The molecule has 1 aromatic carbocycles. The first-order chi connectivity index (χ1) is 13.2. The second-order valence-corrected chi connectivity index (χ2v) is 7.11. The number of aromatic nitrogens is 1. The maximum absolute atomic E-state index is 6.31. The van der Waals surface area contributed by atoms with Gasteiger partial charge in [-0.15, -0.1) is 0 Å². The van der Waals surface area contributed by atoms with E-state index in [4.69, 9.17) is 29.7 Å². The second kappa shape index (κ2) is 6.13. The van der Waals surface area contributed by atoms with E-state index in [1.807, 2.05) is 24.4 Å². The van der Waals surface area contributed by atoms with Crippen LogP contribution in [0.2, 0.25) is 0 Å². The van der Waals surface area contributed by atoms with E-state index in [2.05, 4.69) is 11.1 Å². The Bertz CT molecular complexity index is 916. The van der Waals surface area contributed by atoms with Gasteiger partial charge in [0.25, 0.3) is 6.02 Å². The number of ether oxygens (including phenoxy) is 4. The third kappa shape index (κ3) is 2.53. The molecule has 1 aromatic heterocycles. The SMILES string of the molecule is COc1cncc(-c2ccc3c(c2)[C@@]2(COC(N)=N2)[C@H]2COCC[C@@H]2O3)c1. The molecule has 7 heteroatoms. The van der Waals surface area contributed by atoms with Crippen LogP contribution in [0, 0.1) is 5.92 Å². The van der Waals surface area contributed by atoms with Crippen LogP contribution >= 0.6 is 0 Å². The summed E-state index contributed by atoms with van der Waals surface area (Å²) in [6, 6.07) is 8.32. The van der Waals surface area contributed by atoms with E-state index in [0.29, 0.717) is 25.6 Å². The number of nitrogens with zero attached hydrogens (tertiary/aromatic N) is 2. The molecule has 27 heavy (non-hydrogen) atoms. The zero-order chi connectivity index (χ0) is 18.4. The van der Waals surface area contributed by atoms with Gasteiger partial charge in [0.2, 0.25) is 0 Å². The lowest BCUT2D eigenvalue weighted by Crippen LogP contribution is -2.52. The van der Waals surface area contributed by atoms with Crippen molar-refractivity contribution in [2.24, 2.45) is 16.6 Å². The van der Waals surface area contributed by atoms with Gasteiger partial charge < -0.3 is 24.7 Å². The minimum Gasteiger partial charge on any atom is -0.495 e. The summed E-state index contributed by atoms with van der Waals surface area (Å²) in [5, 5.41) is 0. The van der Waals surface area contributed by atoms with Crippen LogP contribution < -0.4 is 15.2 Å². The molecular formula is C20H21N3O4. The Balaban J connectivity index is 1.65. The van der Waals surface area contributed by atoms with Crippen LogP contribution in [-0.2, 0) is 15.0 Å². The molecule has 3 aliphatic rings. The molecule has 0 amide bonds. The quantitative estimate of drug-likeness (QED) is 0.874. The fraction of sp³-hybridized carbons (Fsp3) is 0.400. The van der Waals surface area contributed by atoms with Crippen molar-refractivity contribution in [3.05, 3.63) is 42.2 Å². The zero-order valence-electron chi connectivity index (χ0n) is 15.1. The Kier molecular flexibility index (Phi) is 3.72. The zero-order valence-corrected chi connectivity index (χ0v) is 15.1. The third-order valence-electron chi connectivity index (χ3n) is 5.66. The number of benzene rings is 1. The number of hydrogen-bond acceptors (Lipinski definition) is 7. The van der Waals surface area contributed by atoms with Crippen molar-refractivity contribution in [1.29, 1.82) is 0 Å². The highest BCUT2D eigenvalue weighted by Crippen LogP contribution is 2.50. The van der Waals surface area contributed by atoms with Crippen LogP contribution in [0.25, 0.3) is 11.1 Å². The number of fused-ring (bicyclic) bond motifs is 4. The van der Waals surface area contributed by atoms with Gasteiger partial charge in [-0.2, -0.15) is 0 Å². The molecule has 0 radical (unpaired) electrons. The van der Waals surface area contributed by atoms with E-state index in [1.54, 1.807) is 13.3 Å². The van der Waals surface area contributed by atoms with Crippen molar-refractivity contribution in [3.8, 4) is 22.6 Å². The standard InChI is InChI=1S/C20H21N3O4/c1-24-14-6-13(8-22-9-14)12-2-3-17-15(7-12)20(11-26-19(21)23-20)16-10-25-5-4-18(16)27-17/h2-3,6-9,16,18H,4-5,10-11H2,1H3,(H2,21,23)/t16-,18-,20-/m0/s1. The van der Waals surface area contributed by atoms with E-state index in [0.717, 1.165) is 28.9 Å². The van der Waals surface area contributed by atoms with E-state index < -0.39 is 5.54 Å². The highest BCUT2D eigenvalue weighted by atomic mass is 16.5. The number of methoxy groups -OCH3 is 1. The summed E-state index contributed by atoms with van der Waals surface area (Å²) in [5.74, 6) is 1.61. The fourth-order valence-electron chi connectivity index (χ4n) is 4.28. The summed E-state index contributed by atoms with van der Waals surface area (Å²) in [5.41, 5.74) is 8.31. The topological polar surface area (TPSA) is 88.2 Å². The maximum atomic E-state index is 6.31. The molecule has 1 fully saturated rings. The molecule has 0 aliphatic carbocycles. The van der Waals surface area contributed by atoms with E-state index in [1.165, 1.54) is 0 Å². The number of amidine groups is 1. The summed E-state index contributed by atoms with van der Waals surface area (Å²) in [6.45, 7) is 1.68. The number of hydrogen-bond donors (Lipinski definition) is 1. The lowest BCUT2D eigenvalue weighted by Gasteiger charge is -2.45. The summed E-state index contributed by atoms with van der Waals surface area (Å²) < 4.78 is 23.0. The van der Waals surface area contributed by atoms with Crippen LogP contribution in [-0.4, -0.2) is 44.0 Å². The van der Waals surface area contributed by atoms with Gasteiger partial charge in [0, 0.05) is 23.7 Å². The summed E-state index contributed by atoms with van der Waals surface area (Å²) in [4.78, 5) is 9.01. The summed E-state index contributed by atoms with van der Waals surface area (Å²) in [7, 11) is 1.63. The van der Waals surface area contributed by atoms with E-state index in [9.17, 15) is 0 Å². The minimum atomic E-state index is -0.578. The van der Waals surface area contributed by atoms with Crippen molar-refractivity contribution < 1.29 is 18.9 Å². The molecule has 1 spiro atoms. The predicted molar refractivity (Wildman–Crippen MR) is 98.8 cm³/mol. The fourth-order valence-corrected chi connectivity index (χ4v) is 4.28. The maximum Gasteiger partial charge on any atom is 0.283 e. The molecule has 2 aromatic rings. The van der Waals surface area contributed by atoms with E-state index >= 15 is 0 Å². The van der Waals surface area contributed by atoms with Crippen molar-refractivity contribution in [2.45, 2.75) is 18.1 Å². The Morgan fingerprint density at radius 2 is 2.15 bits per heavy atom. The molecule has 0 saturated carbocycles. The molecule has 0 unspecified atom stereocenters. The minimum absolute atomic E-state index is 0.0498. The molecule has 4 heterocycles. The lowest BCUT2D eigenvalue weighted by molar-refractivity contribution is -0.0726. The Hall–Kier alpha value is -2.80. The molecule has 3 atom stereocenters.